The van der Waals surface area contributed by atoms with Crippen molar-refractivity contribution >= 4 is 21.6 Å². The highest BCUT2D eigenvalue weighted by Crippen LogP contribution is 2.23. The Kier molecular flexibility index (Phi) is 5.58. The Hall–Kier alpha value is -1.40. The van der Waals surface area contributed by atoms with Crippen molar-refractivity contribution in [3.63, 3.8) is 0 Å². The molecule has 2 rings (SSSR count). The van der Waals surface area contributed by atoms with E-state index in [1.54, 1.807) is 24.3 Å². The third-order valence-corrected chi connectivity index (χ3v) is 5.56. The lowest BCUT2D eigenvalue weighted by Gasteiger charge is -2.26. The van der Waals surface area contributed by atoms with E-state index in [-0.39, 0.29) is 16.7 Å². The van der Waals surface area contributed by atoms with Crippen molar-refractivity contribution < 1.29 is 13.2 Å². The van der Waals surface area contributed by atoms with Crippen LogP contribution in [0.4, 0.5) is 5.69 Å². The van der Waals surface area contributed by atoms with E-state index in [1.807, 2.05) is 13.8 Å². The fourth-order valence-corrected chi connectivity index (χ4v) is 4.13. The van der Waals surface area contributed by atoms with Gasteiger partial charge in [-0.05, 0) is 37.0 Å². The lowest BCUT2D eigenvalue weighted by molar-refractivity contribution is -0.116. The highest BCUT2D eigenvalue weighted by molar-refractivity contribution is 7.89. The second-order valence-corrected chi connectivity index (χ2v) is 8.08. The minimum absolute atomic E-state index is 0.0949. The summed E-state index contributed by atoms with van der Waals surface area (Å²) in [5, 5.41) is 2.77. The molecule has 0 saturated carbocycles. The molecule has 0 atom stereocenters. The summed E-state index contributed by atoms with van der Waals surface area (Å²) < 4.78 is 26.8. The SMILES string of the molecule is CC(C)CC(=O)Nc1cccc(S(=O)(=O)N2CCCCC2)c1. The number of anilines is 1. The first kappa shape index (κ1) is 17.0. The second-order valence-electron chi connectivity index (χ2n) is 6.14. The van der Waals surface area contributed by atoms with Gasteiger partial charge in [-0.25, -0.2) is 8.42 Å². The molecule has 0 aromatic heterocycles. The molecule has 0 aliphatic carbocycles. The number of nitrogens with zero attached hydrogens (tertiary/aromatic N) is 1. The molecule has 0 radical (unpaired) electrons. The first-order valence-corrected chi connectivity index (χ1v) is 9.23. The van der Waals surface area contributed by atoms with Gasteiger partial charge in [0.1, 0.15) is 0 Å². The maximum atomic E-state index is 12.6. The highest BCUT2D eigenvalue weighted by Gasteiger charge is 2.26. The number of benzene rings is 1. The van der Waals surface area contributed by atoms with Gasteiger partial charge in [0, 0.05) is 25.2 Å². The zero-order valence-corrected chi connectivity index (χ0v) is 14.0. The summed E-state index contributed by atoms with van der Waals surface area (Å²) in [6.45, 7) is 5.09. The molecule has 1 fully saturated rings. The first-order chi connectivity index (χ1) is 10.4. The molecular weight excluding hydrogens is 300 g/mol. The van der Waals surface area contributed by atoms with Crippen molar-refractivity contribution in [1.82, 2.24) is 4.31 Å². The summed E-state index contributed by atoms with van der Waals surface area (Å²) in [5.74, 6) is 0.169. The number of hydrogen-bond acceptors (Lipinski definition) is 3. The number of amides is 1. The molecule has 1 saturated heterocycles. The van der Waals surface area contributed by atoms with Crippen LogP contribution in [0.2, 0.25) is 0 Å². The maximum absolute atomic E-state index is 12.6. The van der Waals surface area contributed by atoms with Crippen LogP contribution < -0.4 is 5.32 Å². The van der Waals surface area contributed by atoms with Crippen LogP contribution in [0.3, 0.4) is 0 Å². The fourth-order valence-electron chi connectivity index (χ4n) is 2.57. The van der Waals surface area contributed by atoms with Gasteiger partial charge >= 0.3 is 0 Å². The normalized spacial score (nSPS) is 16.7. The molecule has 1 aromatic rings. The van der Waals surface area contributed by atoms with Gasteiger partial charge in [0.05, 0.1) is 4.90 Å². The predicted octanol–water partition coefficient (Wildman–Crippen LogP) is 2.85. The molecule has 22 heavy (non-hydrogen) atoms. The molecule has 1 heterocycles. The van der Waals surface area contributed by atoms with Crippen LogP contribution >= 0.6 is 0 Å². The van der Waals surface area contributed by atoms with Crippen LogP contribution in [-0.2, 0) is 14.8 Å². The number of rotatable bonds is 5. The minimum atomic E-state index is -3.46. The Morgan fingerprint density at radius 1 is 1.23 bits per heavy atom. The molecule has 1 aliphatic heterocycles. The summed E-state index contributed by atoms with van der Waals surface area (Å²) in [4.78, 5) is 12.1. The van der Waals surface area contributed by atoms with Gasteiger partial charge in [-0.15, -0.1) is 0 Å². The third-order valence-electron chi connectivity index (χ3n) is 3.66. The quantitative estimate of drug-likeness (QED) is 0.905. The monoisotopic (exact) mass is 324 g/mol. The van der Waals surface area contributed by atoms with E-state index in [9.17, 15) is 13.2 Å². The molecule has 0 spiro atoms. The van der Waals surface area contributed by atoms with Crippen molar-refractivity contribution in [3.8, 4) is 0 Å². The molecule has 0 unspecified atom stereocenters. The second kappa shape index (κ2) is 7.24. The first-order valence-electron chi connectivity index (χ1n) is 7.79. The summed E-state index contributed by atoms with van der Waals surface area (Å²) in [6.07, 6.45) is 3.31. The van der Waals surface area contributed by atoms with Crippen LogP contribution in [-0.4, -0.2) is 31.7 Å². The van der Waals surface area contributed by atoms with E-state index in [4.69, 9.17) is 0 Å². The fraction of sp³-hybridized carbons (Fsp3) is 0.562. The maximum Gasteiger partial charge on any atom is 0.243 e. The number of sulfonamides is 1. The van der Waals surface area contributed by atoms with Gasteiger partial charge < -0.3 is 5.32 Å². The Morgan fingerprint density at radius 2 is 1.91 bits per heavy atom. The smallest absolute Gasteiger partial charge is 0.243 e. The van der Waals surface area contributed by atoms with Crippen LogP contribution in [0, 0.1) is 5.92 Å². The minimum Gasteiger partial charge on any atom is -0.326 e. The molecular formula is C16H24N2O3S. The van der Waals surface area contributed by atoms with E-state index in [0.717, 1.165) is 19.3 Å². The number of carbonyl (C=O) groups is 1. The average Bonchev–Trinajstić information content (AvgIpc) is 2.47. The van der Waals surface area contributed by atoms with Crippen molar-refractivity contribution in [2.45, 2.75) is 44.4 Å². The van der Waals surface area contributed by atoms with E-state index in [2.05, 4.69) is 5.32 Å². The van der Waals surface area contributed by atoms with Gasteiger partial charge in [0.15, 0.2) is 0 Å². The largest absolute Gasteiger partial charge is 0.326 e. The van der Waals surface area contributed by atoms with Gasteiger partial charge in [-0.2, -0.15) is 4.31 Å². The van der Waals surface area contributed by atoms with Crippen LogP contribution in [0.25, 0.3) is 0 Å². The zero-order chi connectivity index (χ0) is 16.2. The topological polar surface area (TPSA) is 66.5 Å². The standard InChI is InChI=1S/C16H24N2O3S/c1-13(2)11-16(19)17-14-7-6-8-15(12-14)22(20,21)18-9-4-3-5-10-18/h6-8,12-13H,3-5,9-11H2,1-2H3,(H,17,19). The van der Waals surface area contributed by atoms with Gasteiger partial charge in [-0.1, -0.05) is 26.3 Å². The van der Waals surface area contributed by atoms with E-state index in [1.165, 1.54) is 4.31 Å². The molecule has 1 aliphatic rings. The molecule has 0 bridgehead atoms. The van der Waals surface area contributed by atoms with Crippen molar-refractivity contribution in [3.05, 3.63) is 24.3 Å². The summed E-state index contributed by atoms with van der Waals surface area (Å²) >= 11 is 0. The highest BCUT2D eigenvalue weighted by atomic mass is 32.2. The van der Waals surface area contributed by atoms with Gasteiger partial charge in [0.2, 0.25) is 15.9 Å². The Labute approximate surface area is 132 Å². The van der Waals surface area contributed by atoms with E-state index >= 15 is 0 Å². The van der Waals surface area contributed by atoms with Crippen LogP contribution in [0.15, 0.2) is 29.2 Å². The molecule has 1 N–H and O–H groups in total. The molecule has 5 nitrogen and oxygen atoms in total. The summed E-state index contributed by atoms with van der Waals surface area (Å²) in [7, 11) is -3.46. The number of hydrogen-bond donors (Lipinski definition) is 1. The molecule has 122 valence electrons. The van der Waals surface area contributed by atoms with Crippen LogP contribution in [0.5, 0.6) is 0 Å². The Morgan fingerprint density at radius 3 is 2.55 bits per heavy atom. The predicted molar refractivity (Wildman–Crippen MR) is 87.1 cm³/mol. The lowest BCUT2D eigenvalue weighted by Crippen LogP contribution is -2.35. The zero-order valence-electron chi connectivity index (χ0n) is 13.2. The van der Waals surface area contributed by atoms with Crippen molar-refractivity contribution in [2.24, 2.45) is 5.92 Å². The van der Waals surface area contributed by atoms with Gasteiger partial charge in [0.25, 0.3) is 0 Å². The molecule has 1 aromatic carbocycles. The number of piperidine rings is 1. The molecule has 1 amide bonds. The number of nitrogens with one attached hydrogen (secondary N) is 1. The number of carbonyl (C=O) groups excluding carboxylic acids is 1. The lowest BCUT2D eigenvalue weighted by atomic mass is 10.1. The Balaban J connectivity index is 2.15. The summed E-state index contributed by atoms with van der Waals surface area (Å²) in [6, 6.07) is 6.51. The van der Waals surface area contributed by atoms with E-state index < -0.39 is 10.0 Å². The van der Waals surface area contributed by atoms with Crippen molar-refractivity contribution in [2.75, 3.05) is 18.4 Å². The molecule has 6 heteroatoms. The third kappa shape index (κ3) is 4.30. The van der Waals surface area contributed by atoms with Crippen molar-refractivity contribution in [1.29, 1.82) is 0 Å². The van der Waals surface area contributed by atoms with E-state index in [0.29, 0.717) is 25.2 Å². The summed E-state index contributed by atoms with van der Waals surface area (Å²) in [5.41, 5.74) is 0.531. The van der Waals surface area contributed by atoms with Gasteiger partial charge in [-0.3, -0.25) is 4.79 Å². The Bertz CT molecular complexity index is 620. The van der Waals surface area contributed by atoms with Crippen LogP contribution in [0.1, 0.15) is 39.5 Å². The average molecular weight is 324 g/mol.